The molecule has 0 aromatic heterocycles. The Kier molecular flexibility index (Phi) is 5.23. The highest BCUT2D eigenvalue weighted by Crippen LogP contribution is 2.35. The van der Waals surface area contributed by atoms with Crippen molar-refractivity contribution in [1.29, 1.82) is 0 Å². The maximum absolute atomic E-state index is 2.31. The third-order valence-electron chi connectivity index (χ3n) is 4.65. The first-order valence-electron chi connectivity index (χ1n) is 9.11. The van der Waals surface area contributed by atoms with E-state index in [1.54, 1.807) is 0 Å². The minimum Gasteiger partial charge on any atom is -0.311 e. The summed E-state index contributed by atoms with van der Waals surface area (Å²) in [6.07, 6.45) is 0. The molecule has 3 rings (SSSR count). The molecule has 0 atom stereocenters. The second-order valence-electron chi connectivity index (χ2n) is 7.16. The fraction of sp³-hybridized carbons (Fsp3) is 0.250. The van der Waals surface area contributed by atoms with Gasteiger partial charge in [0.1, 0.15) is 0 Å². The molecular weight excluding hydrogens is 302 g/mol. The molecule has 0 amide bonds. The summed E-state index contributed by atoms with van der Waals surface area (Å²) in [4.78, 5) is 2.31. The largest absolute Gasteiger partial charge is 0.311 e. The monoisotopic (exact) mass is 329 g/mol. The highest BCUT2D eigenvalue weighted by molar-refractivity contribution is 5.76. The molecule has 0 spiro atoms. The van der Waals surface area contributed by atoms with E-state index >= 15 is 0 Å². The van der Waals surface area contributed by atoms with Crippen molar-refractivity contribution >= 4 is 17.1 Å². The minimum atomic E-state index is 0.546. The number of para-hydroxylation sites is 1. The summed E-state index contributed by atoms with van der Waals surface area (Å²) in [5.74, 6) is 1.09. The van der Waals surface area contributed by atoms with Crippen LogP contribution < -0.4 is 4.90 Å². The summed E-state index contributed by atoms with van der Waals surface area (Å²) in [6.45, 7) is 8.92. The van der Waals surface area contributed by atoms with Crippen LogP contribution in [0.5, 0.6) is 0 Å². The fourth-order valence-electron chi connectivity index (χ4n) is 3.04. The summed E-state index contributed by atoms with van der Waals surface area (Å²) in [5.41, 5.74) is 6.29. The number of anilines is 3. The second kappa shape index (κ2) is 7.57. The molecule has 0 saturated carbocycles. The standard InChI is InChI=1S/C24H27N/c1-18(2)20-10-14-23(15-11-20)25(22-8-6-5-7-9-22)24-16-12-21(13-17-24)19(3)4/h5-19H,1-4H3. The topological polar surface area (TPSA) is 3.24 Å². The van der Waals surface area contributed by atoms with Crippen LogP contribution in [0.2, 0.25) is 0 Å². The van der Waals surface area contributed by atoms with Gasteiger partial charge >= 0.3 is 0 Å². The van der Waals surface area contributed by atoms with Gasteiger partial charge in [0.05, 0.1) is 0 Å². The number of nitrogens with zero attached hydrogens (tertiary/aromatic N) is 1. The van der Waals surface area contributed by atoms with E-state index < -0.39 is 0 Å². The molecule has 0 bridgehead atoms. The van der Waals surface area contributed by atoms with Crippen molar-refractivity contribution in [3.63, 3.8) is 0 Å². The highest BCUT2D eigenvalue weighted by Gasteiger charge is 2.12. The Bertz CT molecular complexity index is 732. The molecular formula is C24H27N. The molecule has 0 aliphatic heterocycles. The molecule has 0 N–H and O–H groups in total. The van der Waals surface area contributed by atoms with Crippen LogP contribution >= 0.6 is 0 Å². The molecule has 0 saturated heterocycles. The Balaban J connectivity index is 2.04. The van der Waals surface area contributed by atoms with Crippen LogP contribution in [0, 0.1) is 0 Å². The molecule has 3 aromatic carbocycles. The SMILES string of the molecule is CC(C)c1ccc(N(c2ccccc2)c2ccc(C(C)C)cc2)cc1. The lowest BCUT2D eigenvalue weighted by molar-refractivity contribution is 0.866. The quantitative estimate of drug-likeness (QED) is 0.471. The Morgan fingerprint density at radius 1 is 0.480 bits per heavy atom. The van der Waals surface area contributed by atoms with Crippen LogP contribution in [-0.4, -0.2) is 0 Å². The molecule has 0 heterocycles. The lowest BCUT2D eigenvalue weighted by Gasteiger charge is -2.26. The van der Waals surface area contributed by atoms with E-state index in [9.17, 15) is 0 Å². The van der Waals surface area contributed by atoms with E-state index in [0.29, 0.717) is 11.8 Å². The summed E-state index contributed by atoms with van der Waals surface area (Å²) in [7, 11) is 0. The highest BCUT2D eigenvalue weighted by atomic mass is 15.1. The van der Waals surface area contributed by atoms with Crippen LogP contribution in [0.25, 0.3) is 0 Å². The van der Waals surface area contributed by atoms with Gasteiger partial charge in [-0.1, -0.05) is 70.2 Å². The van der Waals surface area contributed by atoms with E-state index in [2.05, 4.69) is 111 Å². The van der Waals surface area contributed by atoms with Gasteiger partial charge in [-0.15, -0.1) is 0 Å². The molecule has 3 aromatic rings. The van der Waals surface area contributed by atoms with Crippen molar-refractivity contribution in [2.45, 2.75) is 39.5 Å². The Hall–Kier alpha value is -2.54. The Labute approximate surface area is 151 Å². The van der Waals surface area contributed by atoms with Crippen LogP contribution in [0.15, 0.2) is 78.9 Å². The zero-order valence-electron chi connectivity index (χ0n) is 15.6. The molecule has 0 fully saturated rings. The molecule has 1 heteroatoms. The first-order valence-corrected chi connectivity index (χ1v) is 9.11. The summed E-state index contributed by atoms with van der Waals surface area (Å²) < 4.78 is 0. The van der Waals surface area contributed by atoms with Crippen molar-refractivity contribution in [3.8, 4) is 0 Å². The predicted octanol–water partition coefficient (Wildman–Crippen LogP) is 7.40. The van der Waals surface area contributed by atoms with Gasteiger partial charge in [-0.2, -0.15) is 0 Å². The number of rotatable bonds is 5. The average molecular weight is 329 g/mol. The van der Waals surface area contributed by atoms with Gasteiger partial charge in [0.25, 0.3) is 0 Å². The number of hydrogen-bond acceptors (Lipinski definition) is 1. The summed E-state index contributed by atoms with van der Waals surface area (Å²) in [6, 6.07) is 28.4. The van der Waals surface area contributed by atoms with Crippen LogP contribution in [-0.2, 0) is 0 Å². The maximum Gasteiger partial charge on any atom is 0.0461 e. The van der Waals surface area contributed by atoms with Crippen LogP contribution in [0.1, 0.15) is 50.7 Å². The number of benzene rings is 3. The lowest BCUT2D eigenvalue weighted by atomic mass is 10.0. The van der Waals surface area contributed by atoms with E-state index in [1.165, 1.54) is 28.2 Å². The van der Waals surface area contributed by atoms with Gasteiger partial charge in [-0.3, -0.25) is 0 Å². The van der Waals surface area contributed by atoms with E-state index in [4.69, 9.17) is 0 Å². The Morgan fingerprint density at radius 2 is 0.840 bits per heavy atom. The van der Waals surface area contributed by atoms with Gasteiger partial charge in [0, 0.05) is 17.1 Å². The normalized spacial score (nSPS) is 11.1. The van der Waals surface area contributed by atoms with Gasteiger partial charge in [0.2, 0.25) is 0 Å². The van der Waals surface area contributed by atoms with Crippen LogP contribution in [0.4, 0.5) is 17.1 Å². The van der Waals surface area contributed by atoms with E-state index in [0.717, 1.165) is 0 Å². The average Bonchev–Trinajstić information content (AvgIpc) is 2.64. The third-order valence-corrected chi connectivity index (χ3v) is 4.65. The van der Waals surface area contributed by atoms with Gasteiger partial charge in [-0.05, 0) is 59.4 Å². The first kappa shape index (κ1) is 17.3. The molecule has 1 nitrogen and oxygen atoms in total. The van der Waals surface area contributed by atoms with Crippen molar-refractivity contribution in [2.24, 2.45) is 0 Å². The summed E-state index contributed by atoms with van der Waals surface area (Å²) in [5, 5.41) is 0. The second-order valence-corrected chi connectivity index (χ2v) is 7.16. The zero-order chi connectivity index (χ0) is 17.8. The molecule has 0 aliphatic rings. The van der Waals surface area contributed by atoms with E-state index in [-0.39, 0.29) is 0 Å². The maximum atomic E-state index is 2.31. The first-order chi connectivity index (χ1) is 12.1. The Morgan fingerprint density at radius 3 is 1.20 bits per heavy atom. The van der Waals surface area contributed by atoms with Crippen molar-refractivity contribution < 1.29 is 0 Å². The summed E-state index contributed by atoms with van der Waals surface area (Å²) >= 11 is 0. The van der Waals surface area contributed by atoms with Gasteiger partial charge in [0.15, 0.2) is 0 Å². The molecule has 0 radical (unpaired) electrons. The molecule has 128 valence electrons. The van der Waals surface area contributed by atoms with Crippen LogP contribution in [0.3, 0.4) is 0 Å². The van der Waals surface area contributed by atoms with E-state index in [1.807, 2.05) is 0 Å². The molecule has 25 heavy (non-hydrogen) atoms. The van der Waals surface area contributed by atoms with Gasteiger partial charge < -0.3 is 4.90 Å². The third kappa shape index (κ3) is 3.93. The molecule has 0 unspecified atom stereocenters. The van der Waals surface area contributed by atoms with Crippen molar-refractivity contribution in [1.82, 2.24) is 0 Å². The zero-order valence-corrected chi connectivity index (χ0v) is 15.6. The van der Waals surface area contributed by atoms with Gasteiger partial charge in [-0.25, -0.2) is 0 Å². The number of hydrogen-bond donors (Lipinski definition) is 0. The molecule has 0 aliphatic carbocycles. The van der Waals surface area contributed by atoms with Crippen molar-refractivity contribution in [3.05, 3.63) is 90.0 Å². The smallest absolute Gasteiger partial charge is 0.0461 e. The minimum absolute atomic E-state index is 0.546. The predicted molar refractivity (Wildman–Crippen MR) is 109 cm³/mol. The van der Waals surface area contributed by atoms with Crippen molar-refractivity contribution in [2.75, 3.05) is 4.90 Å². The fourth-order valence-corrected chi connectivity index (χ4v) is 3.04. The lowest BCUT2D eigenvalue weighted by Crippen LogP contribution is -2.10.